The van der Waals surface area contributed by atoms with Gasteiger partial charge in [0.15, 0.2) is 5.92 Å². The molecule has 1 saturated heterocycles. The Balaban J connectivity index is 1.93. The van der Waals surface area contributed by atoms with E-state index in [1.165, 1.54) is 43.4 Å². The summed E-state index contributed by atoms with van der Waals surface area (Å²) in [6, 6.07) is 0. The third-order valence-electron chi connectivity index (χ3n) is 4.00. The van der Waals surface area contributed by atoms with E-state index < -0.39 is 5.92 Å². The SMILES string of the molecule is CCN1SN(CC)C(=O)C(C=NCCC2=CCCCC2)C1=O. The molecule has 1 aliphatic heterocycles. The number of allylic oxidation sites excluding steroid dienone is 1. The van der Waals surface area contributed by atoms with Gasteiger partial charge in [0.05, 0.1) is 12.1 Å². The Kier molecular flexibility index (Phi) is 6.49. The van der Waals surface area contributed by atoms with Gasteiger partial charge in [-0.2, -0.15) is 0 Å². The standard InChI is InChI=1S/C16H25N3O2S/c1-3-18-15(20)14(16(21)19(4-2)22-18)12-17-11-10-13-8-6-5-7-9-13/h8,12,14H,3-7,9-11H2,1-2H3. The van der Waals surface area contributed by atoms with Crippen LogP contribution in [0.25, 0.3) is 0 Å². The molecule has 0 unspecified atom stereocenters. The van der Waals surface area contributed by atoms with Crippen LogP contribution in [0, 0.1) is 5.92 Å². The maximum Gasteiger partial charge on any atom is 0.251 e. The average Bonchev–Trinajstić information content (AvgIpc) is 2.55. The van der Waals surface area contributed by atoms with Gasteiger partial charge in [-0.1, -0.05) is 11.6 Å². The molecule has 22 heavy (non-hydrogen) atoms. The van der Waals surface area contributed by atoms with Crippen LogP contribution in [0.15, 0.2) is 16.6 Å². The molecule has 122 valence electrons. The van der Waals surface area contributed by atoms with Gasteiger partial charge in [0.25, 0.3) is 11.8 Å². The lowest BCUT2D eigenvalue weighted by Gasteiger charge is -2.34. The Bertz CT molecular complexity index is 454. The summed E-state index contributed by atoms with van der Waals surface area (Å²) in [5, 5.41) is 0. The zero-order valence-electron chi connectivity index (χ0n) is 13.5. The number of carbonyl (C=O) groups excluding carboxylic acids is 2. The average molecular weight is 323 g/mol. The predicted molar refractivity (Wildman–Crippen MR) is 90.4 cm³/mol. The van der Waals surface area contributed by atoms with Crippen LogP contribution in [0.3, 0.4) is 0 Å². The van der Waals surface area contributed by atoms with Gasteiger partial charge in [-0.25, -0.2) is 0 Å². The monoisotopic (exact) mass is 323 g/mol. The van der Waals surface area contributed by atoms with Crippen LogP contribution in [0.2, 0.25) is 0 Å². The minimum atomic E-state index is -0.749. The summed E-state index contributed by atoms with van der Waals surface area (Å²) in [4.78, 5) is 28.9. The molecule has 2 aliphatic rings. The Labute approximate surface area is 137 Å². The summed E-state index contributed by atoms with van der Waals surface area (Å²) in [6.45, 7) is 5.67. The number of carbonyl (C=O) groups is 2. The van der Waals surface area contributed by atoms with Gasteiger partial charge in [-0.05, 0) is 46.0 Å². The van der Waals surface area contributed by atoms with Gasteiger partial charge < -0.3 is 0 Å². The van der Waals surface area contributed by atoms with Gasteiger partial charge in [-0.15, -0.1) is 0 Å². The minimum Gasteiger partial charge on any atom is -0.296 e. The van der Waals surface area contributed by atoms with E-state index in [1.807, 2.05) is 13.8 Å². The third kappa shape index (κ3) is 4.12. The van der Waals surface area contributed by atoms with E-state index >= 15 is 0 Å². The first-order valence-electron chi connectivity index (χ1n) is 8.16. The summed E-state index contributed by atoms with van der Waals surface area (Å²) in [5.74, 6) is -1.05. The molecule has 6 heteroatoms. The first-order chi connectivity index (χ1) is 10.7. The van der Waals surface area contributed by atoms with Crippen LogP contribution in [0.1, 0.15) is 46.0 Å². The molecule has 1 aliphatic carbocycles. The van der Waals surface area contributed by atoms with E-state index in [0.29, 0.717) is 19.6 Å². The van der Waals surface area contributed by atoms with Gasteiger partial charge in [0.2, 0.25) is 0 Å². The molecule has 0 spiro atoms. The lowest BCUT2D eigenvalue weighted by Crippen LogP contribution is -2.49. The van der Waals surface area contributed by atoms with Crippen LogP contribution in [-0.4, -0.2) is 46.3 Å². The van der Waals surface area contributed by atoms with Crippen LogP contribution >= 0.6 is 12.1 Å². The van der Waals surface area contributed by atoms with E-state index in [4.69, 9.17) is 0 Å². The zero-order chi connectivity index (χ0) is 15.9. The van der Waals surface area contributed by atoms with Crippen LogP contribution in [0.5, 0.6) is 0 Å². The van der Waals surface area contributed by atoms with Crippen molar-refractivity contribution in [3.05, 3.63) is 11.6 Å². The first kappa shape index (κ1) is 17.1. The lowest BCUT2D eigenvalue weighted by atomic mass is 9.97. The third-order valence-corrected chi connectivity index (χ3v) is 5.27. The summed E-state index contributed by atoms with van der Waals surface area (Å²) in [5.41, 5.74) is 1.46. The number of hydrogen-bond donors (Lipinski definition) is 0. The molecule has 0 aromatic heterocycles. The number of hydrogen-bond acceptors (Lipinski definition) is 4. The highest BCUT2D eigenvalue weighted by atomic mass is 32.2. The Morgan fingerprint density at radius 1 is 1.23 bits per heavy atom. The molecule has 1 fully saturated rings. The van der Waals surface area contributed by atoms with Crippen molar-refractivity contribution in [3.8, 4) is 0 Å². The summed E-state index contributed by atoms with van der Waals surface area (Å²) < 4.78 is 3.26. The van der Waals surface area contributed by atoms with Gasteiger partial charge in [-0.3, -0.25) is 23.2 Å². The fraction of sp³-hybridized carbons (Fsp3) is 0.688. The van der Waals surface area contributed by atoms with E-state index in [2.05, 4.69) is 11.1 Å². The maximum absolute atomic E-state index is 12.3. The Morgan fingerprint density at radius 3 is 2.45 bits per heavy atom. The van der Waals surface area contributed by atoms with E-state index in [9.17, 15) is 9.59 Å². The first-order valence-corrected chi connectivity index (χ1v) is 8.89. The maximum atomic E-state index is 12.3. The number of aliphatic imine (C=N–C) groups is 1. The van der Waals surface area contributed by atoms with E-state index in [-0.39, 0.29) is 11.8 Å². The highest BCUT2D eigenvalue weighted by molar-refractivity contribution is 7.95. The highest BCUT2D eigenvalue weighted by Crippen LogP contribution is 2.27. The molecule has 0 saturated carbocycles. The highest BCUT2D eigenvalue weighted by Gasteiger charge is 2.38. The fourth-order valence-electron chi connectivity index (χ4n) is 2.69. The second-order valence-electron chi connectivity index (χ2n) is 5.54. The van der Waals surface area contributed by atoms with Crippen LogP contribution in [0.4, 0.5) is 0 Å². The van der Waals surface area contributed by atoms with Crippen LogP contribution < -0.4 is 0 Å². The minimum absolute atomic E-state index is 0.150. The van der Waals surface area contributed by atoms with Gasteiger partial charge in [0.1, 0.15) is 0 Å². The molecule has 0 atom stereocenters. The molecule has 1 heterocycles. The fourth-order valence-corrected chi connectivity index (χ4v) is 3.55. The van der Waals surface area contributed by atoms with Crippen molar-refractivity contribution in [2.24, 2.45) is 10.9 Å². The predicted octanol–water partition coefficient (Wildman–Crippen LogP) is 2.84. The second-order valence-corrected chi connectivity index (χ2v) is 6.58. The molecule has 2 rings (SSSR count). The quantitative estimate of drug-likeness (QED) is 0.327. The molecule has 2 amide bonds. The number of nitrogens with zero attached hydrogens (tertiary/aromatic N) is 3. The van der Waals surface area contributed by atoms with Crippen molar-refractivity contribution in [1.29, 1.82) is 0 Å². The summed E-state index contributed by atoms with van der Waals surface area (Å²) >= 11 is 1.21. The molecule has 0 aromatic carbocycles. The zero-order valence-corrected chi connectivity index (χ0v) is 14.3. The van der Waals surface area contributed by atoms with Crippen molar-refractivity contribution < 1.29 is 9.59 Å². The molecular formula is C16H25N3O2S. The number of rotatable bonds is 6. The van der Waals surface area contributed by atoms with Crippen molar-refractivity contribution in [1.82, 2.24) is 8.61 Å². The van der Waals surface area contributed by atoms with Crippen molar-refractivity contribution in [3.63, 3.8) is 0 Å². The molecule has 0 aromatic rings. The second kappa shape index (κ2) is 8.36. The molecule has 0 N–H and O–H groups in total. The smallest absolute Gasteiger partial charge is 0.251 e. The largest absolute Gasteiger partial charge is 0.296 e. The van der Waals surface area contributed by atoms with Crippen molar-refractivity contribution >= 4 is 30.2 Å². The molecular weight excluding hydrogens is 298 g/mol. The summed E-state index contributed by atoms with van der Waals surface area (Å²) in [6.07, 6.45) is 9.70. The van der Waals surface area contributed by atoms with Crippen molar-refractivity contribution in [2.45, 2.75) is 46.0 Å². The number of amides is 2. The van der Waals surface area contributed by atoms with Gasteiger partial charge >= 0.3 is 0 Å². The topological polar surface area (TPSA) is 53.0 Å². The molecule has 5 nitrogen and oxygen atoms in total. The van der Waals surface area contributed by atoms with Gasteiger partial charge in [0, 0.05) is 25.8 Å². The van der Waals surface area contributed by atoms with Crippen LogP contribution in [-0.2, 0) is 9.59 Å². The Morgan fingerprint density at radius 2 is 1.91 bits per heavy atom. The van der Waals surface area contributed by atoms with E-state index in [0.717, 1.165) is 6.42 Å². The van der Waals surface area contributed by atoms with Crippen molar-refractivity contribution in [2.75, 3.05) is 19.6 Å². The Hall–Kier alpha value is -1.30. The lowest BCUT2D eigenvalue weighted by molar-refractivity contribution is -0.140. The molecule has 0 bridgehead atoms. The molecule has 0 radical (unpaired) electrons. The normalized spacial score (nSPS) is 20.9. The van der Waals surface area contributed by atoms with E-state index in [1.54, 1.807) is 14.8 Å². The summed E-state index contributed by atoms with van der Waals surface area (Å²) in [7, 11) is 0.